The summed E-state index contributed by atoms with van der Waals surface area (Å²) in [6, 6.07) is 0. The predicted molar refractivity (Wildman–Crippen MR) is 34.0 cm³/mol. The summed E-state index contributed by atoms with van der Waals surface area (Å²) < 4.78 is 5.41. The van der Waals surface area contributed by atoms with Gasteiger partial charge < -0.3 is 4.74 Å². The average Bonchev–Trinajstić information content (AvgIpc) is 2.13. The molecule has 4 atom stereocenters. The van der Waals surface area contributed by atoms with Crippen molar-refractivity contribution in [1.29, 1.82) is 0 Å². The fraction of sp³-hybridized carbons (Fsp3) is 1.00. The van der Waals surface area contributed by atoms with E-state index in [1.807, 2.05) is 0 Å². The van der Waals surface area contributed by atoms with Gasteiger partial charge in [-0.1, -0.05) is 0 Å². The van der Waals surface area contributed by atoms with Crippen LogP contribution in [0, 0.1) is 23.7 Å². The zero-order valence-electron chi connectivity index (χ0n) is 5.55. The van der Waals surface area contributed by atoms with Crippen molar-refractivity contribution in [2.45, 2.75) is 12.8 Å². The minimum absolute atomic E-state index is 1.00. The van der Waals surface area contributed by atoms with Crippen LogP contribution in [0.5, 0.6) is 0 Å². The van der Waals surface area contributed by atoms with E-state index in [2.05, 4.69) is 0 Å². The molecule has 4 unspecified atom stereocenters. The molecular weight excluding hydrogens is 112 g/mol. The second-order valence-corrected chi connectivity index (χ2v) is 3.77. The van der Waals surface area contributed by atoms with Crippen molar-refractivity contribution in [3.05, 3.63) is 0 Å². The Hall–Kier alpha value is -0.0400. The molecule has 0 amide bonds. The van der Waals surface area contributed by atoms with Crippen LogP contribution >= 0.6 is 0 Å². The van der Waals surface area contributed by atoms with Gasteiger partial charge in [0.15, 0.2) is 0 Å². The summed E-state index contributed by atoms with van der Waals surface area (Å²) in [5.41, 5.74) is 0. The first kappa shape index (κ1) is 4.73. The first-order valence-corrected chi connectivity index (χ1v) is 4.04. The topological polar surface area (TPSA) is 9.23 Å². The van der Waals surface area contributed by atoms with Gasteiger partial charge in [0.05, 0.1) is 13.2 Å². The molecule has 50 valence electrons. The van der Waals surface area contributed by atoms with Crippen molar-refractivity contribution in [3.63, 3.8) is 0 Å². The number of fused-ring (bicyclic) bond motifs is 4. The van der Waals surface area contributed by atoms with E-state index in [1.165, 1.54) is 12.8 Å². The molecule has 0 N–H and O–H groups in total. The Labute approximate surface area is 55.4 Å². The molecule has 2 aliphatic carbocycles. The van der Waals surface area contributed by atoms with Gasteiger partial charge >= 0.3 is 0 Å². The molecule has 0 aromatic carbocycles. The van der Waals surface area contributed by atoms with Crippen LogP contribution in [0.1, 0.15) is 12.8 Å². The molecule has 1 heterocycles. The molecule has 3 rings (SSSR count). The van der Waals surface area contributed by atoms with E-state index in [4.69, 9.17) is 4.74 Å². The van der Waals surface area contributed by atoms with Gasteiger partial charge in [0, 0.05) is 0 Å². The highest BCUT2D eigenvalue weighted by Gasteiger charge is 2.57. The Morgan fingerprint density at radius 1 is 0.778 bits per heavy atom. The molecule has 3 aliphatic rings. The summed E-state index contributed by atoms with van der Waals surface area (Å²) in [6.45, 7) is 2.18. The zero-order valence-corrected chi connectivity index (χ0v) is 5.55. The van der Waals surface area contributed by atoms with Gasteiger partial charge in [-0.25, -0.2) is 0 Å². The van der Waals surface area contributed by atoms with Crippen LogP contribution in [0.2, 0.25) is 0 Å². The largest absolute Gasteiger partial charge is 0.381 e. The molecule has 0 spiro atoms. The van der Waals surface area contributed by atoms with E-state index in [0.717, 1.165) is 36.9 Å². The lowest BCUT2D eigenvalue weighted by atomic mass is 9.48. The molecule has 2 saturated carbocycles. The SMILES string of the molecule is C1CC2C1C1COCC21. The maximum atomic E-state index is 5.41. The second-order valence-electron chi connectivity index (χ2n) is 3.77. The molecule has 1 saturated heterocycles. The van der Waals surface area contributed by atoms with E-state index >= 15 is 0 Å². The van der Waals surface area contributed by atoms with Crippen molar-refractivity contribution in [2.75, 3.05) is 13.2 Å². The zero-order chi connectivity index (χ0) is 5.84. The lowest BCUT2D eigenvalue weighted by Crippen LogP contribution is -2.52. The molecule has 1 nitrogen and oxygen atoms in total. The van der Waals surface area contributed by atoms with Crippen LogP contribution in [0.3, 0.4) is 0 Å². The van der Waals surface area contributed by atoms with Gasteiger partial charge in [-0.3, -0.25) is 0 Å². The monoisotopic (exact) mass is 124 g/mol. The Morgan fingerprint density at radius 2 is 1.33 bits per heavy atom. The number of rotatable bonds is 0. The third-order valence-corrected chi connectivity index (χ3v) is 3.65. The third-order valence-electron chi connectivity index (χ3n) is 3.65. The van der Waals surface area contributed by atoms with Crippen LogP contribution in [0.15, 0.2) is 0 Å². The highest BCUT2D eigenvalue weighted by Crippen LogP contribution is 2.60. The van der Waals surface area contributed by atoms with E-state index in [9.17, 15) is 0 Å². The van der Waals surface area contributed by atoms with Crippen LogP contribution in [0.4, 0.5) is 0 Å². The minimum atomic E-state index is 1.00. The summed E-state index contributed by atoms with van der Waals surface area (Å²) in [4.78, 5) is 0. The quantitative estimate of drug-likeness (QED) is 0.473. The number of ether oxygens (including phenoxy) is 1. The van der Waals surface area contributed by atoms with Crippen molar-refractivity contribution in [1.82, 2.24) is 0 Å². The highest BCUT2D eigenvalue weighted by molar-refractivity contribution is 5.04. The summed E-state index contributed by atoms with van der Waals surface area (Å²) >= 11 is 0. The normalized spacial score (nSPS) is 61.3. The Kier molecular flexibility index (Phi) is 0.704. The van der Waals surface area contributed by atoms with Gasteiger partial charge in [0.1, 0.15) is 0 Å². The molecule has 9 heavy (non-hydrogen) atoms. The first-order valence-electron chi connectivity index (χ1n) is 4.04. The van der Waals surface area contributed by atoms with Crippen LogP contribution in [-0.2, 0) is 4.74 Å². The molecule has 1 heteroatoms. The van der Waals surface area contributed by atoms with Crippen molar-refractivity contribution >= 4 is 0 Å². The van der Waals surface area contributed by atoms with Crippen LogP contribution in [0.25, 0.3) is 0 Å². The standard InChI is InChI=1S/C8H12O/c1-2-6-5(1)7-3-9-4-8(6)7/h5-8H,1-4H2. The third kappa shape index (κ3) is 0.389. The van der Waals surface area contributed by atoms with Crippen LogP contribution < -0.4 is 0 Å². The smallest absolute Gasteiger partial charge is 0.0500 e. The molecular formula is C8H12O. The maximum absolute atomic E-state index is 5.41. The Morgan fingerprint density at radius 3 is 1.78 bits per heavy atom. The van der Waals surface area contributed by atoms with E-state index in [0.29, 0.717) is 0 Å². The molecule has 3 fully saturated rings. The second kappa shape index (κ2) is 1.34. The molecule has 0 aromatic rings. The Balaban J connectivity index is 1.85. The Bertz CT molecular complexity index is 128. The number of hydrogen-bond acceptors (Lipinski definition) is 1. The van der Waals surface area contributed by atoms with Crippen molar-refractivity contribution in [3.8, 4) is 0 Å². The highest BCUT2D eigenvalue weighted by atomic mass is 16.5. The fourth-order valence-electron chi connectivity index (χ4n) is 2.94. The minimum Gasteiger partial charge on any atom is -0.381 e. The molecule has 0 radical (unpaired) electrons. The lowest BCUT2D eigenvalue weighted by Gasteiger charge is -2.55. The van der Waals surface area contributed by atoms with E-state index in [1.54, 1.807) is 0 Å². The summed E-state index contributed by atoms with van der Waals surface area (Å²) in [5, 5.41) is 0. The fourth-order valence-corrected chi connectivity index (χ4v) is 2.94. The maximum Gasteiger partial charge on any atom is 0.0500 e. The van der Waals surface area contributed by atoms with Gasteiger partial charge in [0.2, 0.25) is 0 Å². The summed E-state index contributed by atoms with van der Waals surface area (Å²) in [5.74, 6) is 4.22. The summed E-state index contributed by atoms with van der Waals surface area (Å²) in [7, 11) is 0. The van der Waals surface area contributed by atoms with Gasteiger partial charge in [-0.05, 0) is 36.5 Å². The van der Waals surface area contributed by atoms with E-state index in [-0.39, 0.29) is 0 Å². The van der Waals surface area contributed by atoms with Crippen molar-refractivity contribution < 1.29 is 4.74 Å². The number of hydrogen-bond donors (Lipinski definition) is 0. The summed E-state index contributed by atoms with van der Waals surface area (Å²) in [6.07, 6.45) is 3.02. The molecule has 0 bridgehead atoms. The predicted octanol–water partition coefficient (Wildman–Crippen LogP) is 1.29. The van der Waals surface area contributed by atoms with Crippen LogP contribution in [-0.4, -0.2) is 13.2 Å². The first-order chi connectivity index (χ1) is 4.47. The average molecular weight is 124 g/mol. The lowest BCUT2D eigenvalue weighted by molar-refractivity contribution is -0.0699. The van der Waals surface area contributed by atoms with Gasteiger partial charge in [-0.2, -0.15) is 0 Å². The van der Waals surface area contributed by atoms with Crippen molar-refractivity contribution in [2.24, 2.45) is 23.7 Å². The van der Waals surface area contributed by atoms with E-state index < -0.39 is 0 Å². The van der Waals surface area contributed by atoms with Gasteiger partial charge in [-0.15, -0.1) is 0 Å². The van der Waals surface area contributed by atoms with Gasteiger partial charge in [0.25, 0.3) is 0 Å². The molecule has 0 aromatic heterocycles. The molecule has 1 aliphatic heterocycles.